The SMILES string of the molecule is CC[C@H](C)[C@H]1CC[C@H]2[C@H](C(Br)C(=O)OC)CCC[C@]12C. The second kappa shape index (κ2) is 6.37. The third-order valence-electron chi connectivity index (χ3n) is 6.39. The summed E-state index contributed by atoms with van der Waals surface area (Å²) in [6, 6.07) is 0. The normalized spacial score (nSPS) is 40.0. The number of halogens is 1. The highest BCUT2D eigenvalue weighted by Crippen LogP contribution is 2.60. The van der Waals surface area contributed by atoms with Crippen LogP contribution in [0.3, 0.4) is 0 Å². The highest BCUT2D eigenvalue weighted by atomic mass is 79.9. The quantitative estimate of drug-likeness (QED) is 0.540. The minimum absolute atomic E-state index is 0.0914. The Kier molecular flexibility index (Phi) is 5.20. The van der Waals surface area contributed by atoms with Crippen molar-refractivity contribution in [3.63, 3.8) is 0 Å². The van der Waals surface area contributed by atoms with Crippen LogP contribution >= 0.6 is 15.9 Å². The second-order valence-corrected chi connectivity index (χ2v) is 8.15. The summed E-state index contributed by atoms with van der Waals surface area (Å²) in [4.78, 5) is 11.8. The van der Waals surface area contributed by atoms with E-state index >= 15 is 0 Å². The number of hydrogen-bond acceptors (Lipinski definition) is 2. The Morgan fingerprint density at radius 2 is 2.10 bits per heavy atom. The lowest BCUT2D eigenvalue weighted by molar-refractivity contribution is -0.142. The molecule has 0 bridgehead atoms. The summed E-state index contributed by atoms with van der Waals surface area (Å²) in [5.74, 6) is 2.67. The highest BCUT2D eigenvalue weighted by molar-refractivity contribution is 9.10. The molecule has 0 aliphatic heterocycles. The number of methoxy groups -OCH3 is 1. The zero-order chi connectivity index (χ0) is 14.9. The van der Waals surface area contributed by atoms with E-state index in [0.29, 0.717) is 17.3 Å². The topological polar surface area (TPSA) is 26.3 Å². The maximum atomic E-state index is 11.9. The van der Waals surface area contributed by atoms with E-state index < -0.39 is 0 Å². The largest absolute Gasteiger partial charge is 0.468 e. The van der Waals surface area contributed by atoms with Crippen LogP contribution in [0.4, 0.5) is 0 Å². The second-order valence-electron chi connectivity index (χ2n) is 7.16. The van der Waals surface area contributed by atoms with Crippen LogP contribution < -0.4 is 0 Å². The van der Waals surface area contributed by atoms with Crippen LogP contribution in [-0.2, 0) is 9.53 Å². The van der Waals surface area contributed by atoms with E-state index in [4.69, 9.17) is 4.74 Å². The predicted molar refractivity (Wildman–Crippen MR) is 85.8 cm³/mol. The summed E-state index contributed by atoms with van der Waals surface area (Å²) < 4.78 is 4.96. The Labute approximate surface area is 132 Å². The van der Waals surface area contributed by atoms with Crippen molar-refractivity contribution in [3.8, 4) is 0 Å². The fourth-order valence-corrected chi connectivity index (χ4v) is 5.96. The van der Waals surface area contributed by atoms with Gasteiger partial charge < -0.3 is 4.74 Å². The van der Waals surface area contributed by atoms with Gasteiger partial charge in [-0.3, -0.25) is 4.79 Å². The molecule has 6 atom stereocenters. The molecule has 0 spiro atoms. The molecule has 0 aromatic heterocycles. The molecule has 2 aliphatic carbocycles. The van der Waals surface area contributed by atoms with Crippen molar-refractivity contribution in [2.24, 2.45) is 29.1 Å². The van der Waals surface area contributed by atoms with Crippen LogP contribution in [-0.4, -0.2) is 17.9 Å². The first-order valence-corrected chi connectivity index (χ1v) is 9.09. The number of esters is 1. The summed E-state index contributed by atoms with van der Waals surface area (Å²) >= 11 is 3.63. The van der Waals surface area contributed by atoms with Crippen molar-refractivity contribution < 1.29 is 9.53 Å². The number of hydrogen-bond donors (Lipinski definition) is 0. The molecule has 2 saturated carbocycles. The molecule has 0 N–H and O–H groups in total. The molecule has 0 heterocycles. The smallest absolute Gasteiger partial charge is 0.319 e. The Hall–Kier alpha value is -0.0500. The molecular weight excluding hydrogens is 316 g/mol. The Morgan fingerprint density at radius 3 is 2.70 bits per heavy atom. The summed E-state index contributed by atoms with van der Waals surface area (Å²) in [7, 11) is 1.50. The molecular formula is C17H29BrO2. The fraction of sp³-hybridized carbons (Fsp3) is 0.941. The van der Waals surface area contributed by atoms with Gasteiger partial charge in [0.25, 0.3) is 0 Å². The van der Waals surface area contributed by atoms with Crippen LogP contribution in [0.2, 0.25) is 0 Å². The van der Waals surface area contributed by atoms with E-state index in [1.54, 1.807) is 0 Å². The van der Waals surface area contributed by atoms with Crippen molar-refractivity contribution in [2.75, 3.05) is 7.11 Å². The van der Waals surface area contributed by atoms with Gasteiger partial charge in [-0.05, 0) is 54.8 Å². The maximum absolute atomic E-state index is 11.9. The molecule has 2 nitrogen and oxygen atoms in total. The molecule has 0 aromatic carbocycles. The molecule has 116 valence electrons. The minimum atomic E-state index is -0.118. The van der Waals surface area contributed by atoms with Gasteiger partial charge in [-0.25, -0.2) is 0 Å². The van der Waals surface area contributed by atoms with Crippen LogP contribution in [0.25, 0.3) is 0 Å². The third kappa shape index (κ3) is 2.67. The highest BCUT2D eigenvalue weighted by Gasteiger charge is 2.54. The third-order valence-corrected chi connectivity index (χ3v) is 7.44. The van der Waals surface area contributed by atoms with Gasteiger partial charge >= 0.3 is 5.97 Å². The number of alkyl halides is 1. The van der Waals surface area contributed by atoms with E-state index in [1.807, 2.05) is 0 Å². The van der Waals surface area contributed by atoms with Gasteiger partial charge in [0.1, 0.15) is 4.83 Å². The number of fused-ring (bicyclic) bond motifs is 1. The molecule has 20 heavy (non-hydrogen) atoms. The molecule has 2 aliphatic rings. The summed E-state index contributed by atoms with van der Waals surface area (Å²) in [5, 5.41) is 0. The van der Waals surface area contributed by atoms with Gasteiger partial charge in [-0.15, -0.1) is 0 Å². The number of ether oxygens (including phenoxy) is 1. The first kappa shape index (κ1) is 16.3. The van der Waals surface area contributed by atoms with E-state index in [9.17, 15) is 4.79 Å². The van der Waals surface area contributed by atoms with Crippen molar-refractivity contribution in [1.82, 2.24) is 0 Å². The molecule has 2 fully saturated rings. The maximum Gasteiger partial charge on any atom is 0.319 e. The molecule has 0 amide bonds. The first-order chi connectivity index (χ1) is 9.45. The van der Waals surface area contributed by atoms with Crippen molar-refractivity contribution in [3.05, 3.63) is 0 Å². The lowest BCUT2D eigenvalue weighted by Crippen LogP contribution is -2.43. The monoisotopic (exact) mass is 344 g/mol. The van der Waals surface area contributed by atoms with Crippen molar-refractivity contribution >= 4 is 21.9 Å². The van der Waals surface area contributed by atoms with Gasteiger partial charge in [0.15, 0.2) is 0 Å². The minimum Gasteiger partial charge on any atom is -0.468 e. The van der Waals surface area contributed by atoms with Crippen molar-refractivity contribution in [1.29, 1.82) is 0 Å². The number of rotatable bonds is 4. The van der Waals surface area contributed by atoms with Crippen LogP contribution in [0.15, 0.2) is 0 Å². The summed E-state index contributed by atoms with van der Waals surface area (Å²) in [6.07, 6.45) is 7.65. The molecule has 0 saturated heterocycles. The van der Waals surface area contributed by atoms with Crippen molar-refractivity contribution in [2.45, 2.75) is 64.1 Å². The lowest BCUT2D eigenvalue weighted by atomic mass is 9.58. The molecule has 1 unspecified atom stereocenters. The standard InChI is InChI=1S/C17H29BrO2/c1-5-11(2)13-8-9-14-12(15(18)16(19)20-4)7-6-10-17(13,14)3/h11-15H,5-10H2,1-4H3/t11-,12+,13+,14-,15?,17+/m0/s1. The Balaban J connectivity index is 2.19. The first-order valence-electron chi connectivity index (χ1n) is 8.17. The summed E-state index contributed by atoms with van der Waals surface area (Å²) in [5.41, 5.74) is 0.429. The molecule has 0 radical (unpaired) electrons. The zero-order valence-electron chi connectivity index (χ0n) is 13.3. The van der Waals surface area contributed by atoms with Gasteiger partial charge in [0, 0.05) is 0 Å². The van der Waals surface area contributed by atoms with E-state index in [-0.39, 0.29) is 10.8 Å². The average Bonchev–Trinajstić information content (AvgIpc) is 2.81. The lowest BCUT2D eigenvalue weighted by Gasteiger charge is -2.47. The molecule has 3 heteroatoms. The van der Waals surface area contributed by atoms with E-state index in [2.05, 4.69) is 36.7 Å². The van der Waals surface area contributed by atoms with Gasteiger partial charge in [-0.2, -0.15) is 0 Å². The fourth-order valence-electron chi connectivity index (χ4n) is 5.14. The summed E-state index contributed by atoms with van der Waals surface area (Å²) in [6.45, 7) is 7.21. The predicted octanol–water partition coefficient (Wildman–Crippen LogP) is 4.80. The van der Waals surface area contributed by atoms with Crippen LogP contribution in [0.5, 0.6) is 0 Å². The van der Waals surface area contributed by atoms with Gasteiger partial charge in [0.05, 0.1) is 7.11 Å². The van der Waals surface area contributed by atoms with Gasteiger partial charge in [0.2, 0.25) is 0 Å². The molecule has 2 rings (SSSR count). The van der Waals surface area contributed by atoms with E-state index in [0.717, 1.165) is 11.8 Å². The van der Waals surface area contributed by atoms with Crippen LogP contribution in [0, 0.1) is 29.1 Å². The van der Waals surface area contributed by atoms with Crippen LogP contribution in [0.1, 0.15) is 59.3 Å². The van der Waals surface area contributed by atoms with Gasteiger partial charge in [-0.1, -0.05) is 49.5 Å². The molecule has 0 aromatic rings. The van der Waals surface area contributed by atoms with E-state index in [1.165, 1.54) is 45.6 Å². The number of carbonyl (C=O) groups excluding carboxylic acids is 1. The average molecular weight is 345 g/mol. The Morgan fingerprint density at radius 1 is 1.40 bits per heavy atom. The number of carbonyl (C=O) groups is 1. The zero-order valence-corrected chi connectivity index (χ0v) is 14.9. The Bertz CT molecular complexity index is 357.